The van der Waals surface area contributed by atoms with Gasteiger partial charge >= 0.3 is 0 Å². The fraction of sp³-hybridized carbons (Fsp3) is 0.600. The predicted molar refractivity (Wildman–Crippen MR) is 87.0 cm³/mol. The molecule has 118 valence electrons. The molecule has 2 atom stereocenters. The molecule has 1 aliphatic heterocycles. The van der Waals surface area contributed by atoms with E-state index in [0.717, 1.165) is 31.0 Å². The molecule has 1 saturated heterocycles. The van der Waals surface area contributed by atoms with Crippen molar-refractivity contribution in [2.45, 2.75) is 25.8 Å². The third-order valence-electron chi connectivity index (χ3n) is 4.08. The first-order valence-corrected chi connectivity index (χ1v) is 9.56. The van der Waals surface area contributed by atoms with Crippen molar-refractivity contribution >= 4 is 21.6 Å². The first-order valence-electron chi connectivity index (χ1n) is 7.29. The molecule has 1 aromatic carbocycles. The molecule has 2 rings (SSSR count). The number of hydrogen-bond acceptors (Lipinski definition) is 3. The predicted octanol–water partition coefficient (Wildman–Crippen LogP) is 2.66. The summed E-state index contributed by atoms with van der Waals surface area (Å²) in [5, 5.41) is 0.750. The lowest BCUT2D eigenvalue weighted by atomic mass is 9.95. The molecule has 0 amide bonds. The van der Waals surface area contributed by atoms with Crippen LogP contribution in [-0.4, -0.2) is 39.2 Å². The van der Waals surface area contributed by atoms with E-state index in [9.17, 15) is 8.42 Å². The summed E-state index contributed by atoms with van der Waals surface area (Å²) in [6.45, 7) is 4.70. The molecule has 6 heteroatoms. The van der Waals surface area contributed by atoms with Crippen molar-refractivity contribution < 1.29 is 8.42 Å². The van der Waals surface area contributed by atoms with Crippen LogP contribution in [0.4, 0.5) is 0 Å². The molecule has 1 N–H and O–H groups in total. The minimum absolute atomic E-state index is 0.323. The van der Waals surface area contributed by atoms with E-state index < -0.39 is 10.0 Å². The Hall–Kier alpha value is -0.620. The highest BCUT2D eigenvalue weighted by atomic mass is 35.5. The summed E-state index contributed by atoms with van der Waals surface area (Å²) in [5.41, 5.74) is 1.25. The molecular weight excluding hydrogens is 308 g/mol. The maximum Gasteiger partial charge on any atom is 0.208 e. The molecule has 2 unspecified atom stereocenters. The Morgan fingerprint density at radius 2 is 2.05 bits per heavy atom. The molecule has 1 aliphatic rings. The molecule has 0 radical (unpaired) electrons. The van der Waals surface area contributed by atoms with Crippen LogP contribution in [0.5, 0.6) is 0 Å². The Morgan fingerprint density at radius 1 is 1.38 bits per heavy atom. The third kappa shape index (κ3) is 5.25. The first kappa shape index (κ1) is 16.7. The van der Waals surface area contributed by atoms with Crippen LogP contribution in [0, 0.1) is 5.92 Å². The van der Waals surface area contributed by atoms with Gasteiger partial charge in [-0.2, -0.15) is 0 Å². The van der Waals surface area contributed by atoms with Crippen LogP contribution in [-0.2, 0) is 10.0 Å². The van der Waals surface area contributed by atoms with Crippen molar-refractivity contribution in [1.29, 1.82) is 0 Å². The van der Waals surface area contributed by atoms with Crippen LogP contribution < -0.4 is 4.72 Å². The van der Waals surface area contributed by atoms with Gasteiger partial charge in [-0.15, -0.1) is 0 Å². The average molecular weight is 331 g/mol. The molecule has 21 heavy (non-hydrogen) atoms. The number of nitrogens with one attached hydrogen (secondary N) is 1. The van der Waals surface area contributed by atoms with Crippen molar-refractivity contribution in [1.82, 2.24) is 9.62 Å². The lowest BCUT2D eigenvalue weighted by molar-refractivity contribution is 0.133. The molecule has 0 spiro atoms. The van der Waals surface area contributed by atoms with Crippen LogP contribution in [0.3, 0.4) is 0 Å². The highest BCUT2D eigenvalue weighted by Crippen LogP contribution is 2.27. The van der Waals surface area contributed by atoms with Crippen molar-refractivity contribution in [3.63, 3.8) is 0 Å². The molecule has 1 heterocycles. The smallest absolute Gasteiger partial charge is 0.208 e. The number of halogens is 1. The Bertz CT molecular complexity index is 560. The zero-order chi connectivity index (χ0) is 15.5. The number of nitrogens with zero attached hydrogens (tertiary/aromatic N) is 1. The van der Waals surface area contributed by atoms with Gasteiger partial charge in [0.25, 0.3) is 0 Å². The second kappa shape index (κ2) is 7.09. The standard InChI is InChI=1S/C15H23ClN2O2S/c1-12(14-5-7-15(16)8-6-14)18-9-3-4-13(11-18)10-17-21(2,19)20/h5-8,12-13,17H,3-4,9-11H2,1-2H3. The summed E-state index contributed by atoms with van der Waals surface area (Å²) >= 11 is 5.93. The minimum atomic E-state index is -3.10. The molecule has 0 saturated carbocycles. The number of benzene rings is 1. The van der Waals surface area contributed by atoms with Crippen LogP contribution in [0.1, 0.15) is 31.4 Å². The van der Waals surface area contributed by atoms with E-state index in [1.54, 1.807) is 0 Å². The Kier molecular flexibility index (Phi) is 5.66. The monoisotopic (exact) mass is 330 g/mol. The van der Waals surface area contributed by atoms with E-state index in [0.29, 0.717) is 18.5 Å². The van der Waals surface area contributed by atoms with Crippen LogP contribution in [0.25, 0.3) is 0 Å². The molecule has 0 aromatic heterocycles. The van der Waals surface area contributed by atoms with Crippen molar-refractivity contribution in [3.05, 3.63) is 34.9 Å². The largest absolute Gasteiger partial charge is 0.296 e. The quantitative estimate of drug-likeness (QED) is 0.903. The zero-order valence-electron chi connectivity index (χ0n) is 12.5. The summed E-state index contributed by atoms with van der Waals surface area (Å²) in [5.74, 6) is 0.378. The van der Waals surface area contributed by atoms with E-state index >= 15 is 0 Å². The van der Waals surface area contributed by atoms with Gasteiger partial charge in [0.1, 0.15) is 0 Å². The topological polar surface area (TPSA) is 49.4 Å². The number of hydrogen-bond donors (Lipinski definition) is 1. The summed E-state index contributed by atoms with van der Waals surface area (Å²) in [6.07, 6.45) is 3.39. The van der Waals surface area contributed by atoms with Gasteiger partial charge in [0.15, 0.2) is 0 Å². The Labute approximate surface area is 132 Å². The summed E-state index contributed by atoms with van der Waals surface area (Å²) in [6, 6.07) is 8.28. The molecule has 1 fully saturated rings. The fourth-order valence-corrected chi connectivity index (χ4v) is 3.50. The van der Waals surface area contributed by atoms with E-state index in [-0.39, 0.29) is 0 Å². The first-order chi connectivity index (χ1) is 9.85. The second-order valence-corrected chi connectivity index (χ2v) is 8.12. The van der Waals surface area contributed by atoms with E-state index in [4.69, 9.17) is 11.6 Å². The molecule has 4 nitrogen and oxygen atoms in total. The maximum absolute atomic E-state index is 11.2. The van der Waals surface area contributed by atoms with Crippen LogP contribution in [0.15, 0.2) is 24.3 Å². The van der Waals surface area contributed by atoms with Crippen LogP contribution >= 0.6 is 11.6 Å². The van der Waals surface area contributed by atoms with Gasteiger partial charge in [0.2, 0.25) is 10.0 Å². The SMILES string of the molecule is CC(c1ccc(Cl)cc1)N1CCCC(CNS(C)(=O)=O)C1. The van der Waals surface area contributed by atoms with Gasteiger partial charge in [0.05, 0.1) is 6.26 Å². The van der Waals surface area contributed by atoms with Gasteiger partial charge in [-0.05, 0) is 49.9 Å². The number of piperidine rings is 1. The summed E-state index contributed by atoms with van der Waals surface area (Å²) in [7, 11) is -3.10. The Morgan fingerprint density at radius 3 is 2.67 bits per heavy atom. The Balaban J connectivity index is 1.95. The summed E-state index contributed by atoms with van der Waals surface area (Å²) in [4.78, 5) is 2.42. The molecule has 0 bridgehead atoms. The highest BCUT2D eigenvalue weighted by Gasteiger charge is 2.24. The number of likely N-dealkylation sites (tertiary alicyclic amines) is 1. The maximum atomic E-state index is 11.2. The van der Waals surface area contributed by atoms with Crippen molar-refractivity contribution in [2.24, 2.45) is 5.92 Å². The van der Waals surface area contributed by atoms with Crippen molar-refractivity contribution in [2.75, 3.05) is 25.9 Å². The van der Waals surface area contributed by atoms with E-state index in [1.165, 1.54) is 11.8 Å². The average Bonchev–Trinajstić information content (AvgIpc) is 2.45. The fourth-order valence-electron chi connectivity index (χ4n) is 2.84. The minimum Gasteiger partial charge on any atom is -0.296 e. The number of sulfonamides is 1. The van der Waals surface area contributed by atoms with Gasteiger partial charge in [-0.25, -0.2) is 13.1 Å². The second-order valence-electron chi connectivity index (χ2n) is 5.85. The lowest BCUT2D eigenvalue weighted by Gasteiger charge is -2.37. The molecule has 1 aromatic rings. The van der Waals surface area contributed by atoms with Gasteiger partial charge in [0, 0.05) is 24.2 Å². The zero-order valence-corrected chi connectivity index (χ0v) is 14.1. The normalized spacial score (nSPS) is 22.1. The lowest BCUT2D eigenvalue weighted by Crippen LogP contribution is -2.41. The van der Waals surface area contributed by atoms with Crippen LogP contribution in [0.2, 0.25) is 5.02 Å². The van der Waals surface area contributed by atoms with Gasteiger partial charge < -0.3 is 0 Å². The molecule has 0 aliphatic carbocycles. The van der Waals surface area contributed by atoms with Gasteiger partial charge in [-0.1, -0.05) is 23.7 Å². The van der Waals surface area contributed by atoms with Gasteiger partial charge in [-0.3, -0.25) is 4.90 Å². The van der Waals surface area contributed by atoms with E-state index in [1.807, 2.05) is 12.1 Å². The molecular formula is C15H23ClN2O2S. The van der Waals surface area contributed by atoms with E-state index in [2.05, 4.69) is 28.7 Å². The van der Waals surface area contributed by atoms with Crippen molar-refractivity contribution in [3.8, 4) is 0 Å². The number of rotatable bonds is 5. The highest BCUT2D eigenvalue weighted by molar-refractivity contribution is 7.88. The third-order valence-corrected chi connectivity index (χ3v) is 5.03. The summed E-state index contributed by atoms with van der Waals surface area (Å²) < 4.78 is 25.0.